The molecule has 0 aliphatic carbocycles. The van der Waals surface area contributed by atoms with Crippen LogP contribution in [0.5, 0.6) is 23.0 Å². The van der Waals surface area contributed by atoms with Gasteiger partial charge < -0.3 is 29.2 Å². The maximum atomic E-state index is 12.4. The molecule has 152 valence electrons. The Morgan fingerprint density at radius 2 is 1.90 bits per heavy atom. The Hall–Kier alpha value is -3.42. The zero-order valence-electron chi connectivity index (χ0n) is 16.1. The molecule has 1 atom stereocenters. The zero-order chi connectivity index (χ0) is 20.2. The molecule has 29 heavy (non-hydrogen) atoms. The Morgan fingerprint density at radius 3 is 2.69 bits per heavy atom. The molecule has 1 fully saturated rings. The van der Waals surface area contributed by atoms with Crippen LogP contribution in [-0.4, -0.2) is 45.4 Å². The van der Waals surface area contributed by atoms with E-state index in [0.29, 0.717) is 36.8 Å². The third-order valence-corrected chi connectivity index (χ3v) is 4.89. The molecule has 2 heterocycles. The monoisotopic (exact) mass is 398 g/mol. The summed E-state index contributed by atoms with van der Waals surface area (Å²) < 4.78 is 21.2. The Morgan fingerprint density at radius 1 is 1.14 bits per heavy atom. The molecule has 1 N–H and O–H groups in total. The molecule has 2 aliphatic heterocycles. The number of hydrogen-bond acceptors (Lipinski definition) is 6. The van der Waals surface area contributed by atoms with Gasteiger partial charge in [-0.1, -0.05) is 0 Å². The fraction of sp³-hybridized carbons (Fsp3) is 0.333. The van der Waals surface area contributed by atoms with Gasteiger partial charge in [0.05, 0.1) is 7.11 Å². The highest BCUT2D eigenvalue weighted by Gasteiger charge is 2.31. The predicted molar refractivity (Wildman–Crippen MR) is 105 cm³/mol. The van der Waals surface area contributed by atoms with Crippen molar-refractivity contribution in [3.63, 3.8) is 0 Å². The predicted octanol–water partition coefficient (Wildman–Crippen LogP) is 1.97. The third kappa shape index (κ3) is 4.37. The highest BCUT2D eigenvalue weighted by atomic mass is 16.7. The van der Waals surface area contributed by atoms with E-state index in [1.165, 1.54) is 0 Å². The number of fused-ring (bicyclic) bond motifs is 1. The van der Waals surface area contributed by atoms with Crippen molar-refractivity contribution in [1.82, 2.24) is 5.32 Å². The minimum atomic E-state index is -0.227. The smallest absolute Gasteiger partial charge is 0.257 e. The number of benzene rings is 2. The number of nitrogens with zero attached hydrogens (tertiary/aromatic N) is 1. The minimum absolute atomic E-state index is 0.0256. The van der Waals surface area contributed by atoms with Crippen LogP contribution in [0, 0.1) is 5.92 Å². The van der Waals surface area contributed by atoms with Crippen molar-refractivity contribution in [2.45, 2.75) is 6.42 Å². The van der Waals surface area contributed by atoms with Crippen LogP contribution in [0.25, 0.3) is 0 Å². The lowest BCUT2D eigenvalue weighted by Gasteiger charge is -2.17. The standard InChI is InChI=1S/C21H22N2O6/c1-26-16-3-5-17(6-4-16)27-12-20(24)22-10-14-8-21(25)23(11-14)15-2-7-18-19(9-15)29-13-28-18/h2-7,9,14H,8,10-13H2,1H3,(H,22,24). The van der Waals surface area contributed by atoms with E-state index >= 15 is 0 Å². The van der Waals surface area contributed by atoms with E-state index in [1.54, 1.807) is 42.3 Å². The Labute approximate surface area is 168 Å². The summed E-state index contributed by atoms with van der Waals surface area (Å²) in [5.74, 6) is 2.47. The van der Waals surface area contributed by atoms with Crippen LogP contribution >= 0.6 is 0 Å². The van der Waals surface area contributed by atoms with Crippen molar-refractivity contribution in [3.8, 4) is 23.0 Å². The first-order valence-electron chi connectivity index (χ1n) is 9.36. The van der Waals surface area contributed by atoms with Crippen LogP contribution in [0.1, 0.15) is 6.42 Å². The summed E-state index contributed by atoms with van der Waals surface area (Å²) >= 11 is 0. The van der Waals surface area contributed by atoms with E-state index in [4.69, 9.17) is 18.9 Å². The summed E-state index contributed by atoms with van der Waals surface area (Å²) in [5, 5.41) is 2.84. The van der Waals surface area contributed by atoms with Crippen LogP contribution in [0.3, 0.4) is 0 Å². The number of ether oxygens (including phenoxy) is 4. The summed E-state index contributed by atoms with van der Waals surface area (Å²) in [6, 6.07) is 12.5. The molecule has 0 radical (unpaired) electrons. The number of hydrogen-bond donors (Lipinski definition) is 1. The molecule has 2 aromatic carbocycles. The normalized spacial score (nSPS) is 17.3. The summed E-state index contributed by atoms with van der Waals surface area (Å²) in [5.41, 5.74) is 0.774. The number of anilines is 1. The van der Waals surface area contributed by atoms with Crippen molar-refractivity contribution in [1.29, 1.82) is 0 Å². The van der Waals surface area contributed by atoms with Gasteiger partial charge in [0, 0.05) is 37.2 Å². The SMILES string of the molecule is COc1ccc(OCC(=O)NCC2CC(=O)N(c3ccc4c(c3)OCO4)C2)cc1. The van der Waals surface area contributed by atoms with E-state index in [0.717, 1.165) is 11.4 Å². The highest BCUT2D eigenvalue weighted by Crippen LogP contribution is 2.37. The van der Waals surface area contributed by atoms with Crippen LogP contribution < -0.4 is 29.2 Å². The molecule has 1 unspecified atom stereocenters. The molecule has 4 rings (SSSR count). The average Bonchev–Trinajstić information content (AvgIpc) is 3.36. The van der Waals surface area contributed by atoms with Crippen LogP contribution in [0.15, 0.2) is 42.5 Å². The van der Waals surface area contributed by atoms with Gasteiger partial charge in [-0.25, -0.2) is 0 Å². The lowest BCUT2D eigenvalue weighted by molar-refractivity contribution is -0.123. The molecule has 2 aromatic rings. The molecular formula is C21H22N2O6. The van der Waals surface area contributed by atoms with E-state index in [9.17, 15) is 9.59 Å². The van der Waals surface area contributed by atoms with Gasteiger partial charge in [0.2, 0.25) is 12.7 Å². The minimum Gasteiger partial charge on any atom is -0.497 e. The Balaban J connectivity index is 1.25. The number of carbonyl (C=O) groups excluding carboxylic acids is 2. The first-order chi connectivity index (χ1) is 14.1. The topological polar surface area (TPSA) is 86.3 Å². The largest absolute Gasteiger partial charge is 0.497 e. The third-order valence-electron chi connectivity index (χ3n) is 4.89. The molecule has 1 saturated heterocycles. The summed E-state index contributed by atoms with van der Waals surface area (Å²) in [4.78, 5) is 26.2. The maximum absolute atomic E-state index is 12.4. The maximum Gasteiger partial charge on any atom is 0.257 e. The molecule has 0 saturated carbocycles. The molecular weight excluding hydrogens is 376 g/mol. The van der Waals surface area contributed by atoms with Gasteiger partial charge in [0.15, 0.2) is 18.1 Å². The lowest BCUT2D eigenvalue weighted by atomic mass is 10.1. The van der Waals surface area contributed by atoms with Gasteiger partial charge >= 0.3 is 0 Å². The van der Waals surface area contributed by atoms with Crippen LogP contribution in [-0.2, 0) is 9.59 Å². The van der Waals surface area contributed by atoms with Gasteiger partial charge in [-0.2, -0.15) is 0 Å². The number of carbonyl (C=O) groups is 2. The first-order valence-corrected chi connectivity index (χ1v) is 9.36. The first kappa shape index (κ1) is 18.9. The van der Waals surface area contributed by atoms with Gasteiger partial charge in [-0.3, -0.25) is 9.59 Å². The van der Waals surface area contributed by atoms with Gasteiger partial charge in [0.1, 0.15) is 11.5 Å². The Bertz CT molecular complexity index is 899. The average molecular weight is 398 g/mol. The second-order valence-corrected chi connectivity index (χ2v) is 6.88. The van der Waals surface area contributed by atoms with E-state index < -0.39 is 0 Å². The van der Waals surface area contributed by atoms with Crippen molar-refractivity contribution in [2.75, 3.05) is 38.5 Å². The van der Waals surface area contributed by atoms with E-state index in [-0.39, 0.29) is 31.1 Å². The number of nitrogens with one attached hydrogen (secondary N) is 1. The van der Waals surface area contributed by atoms with Crippen molar-refractivity contribution in [3.05, 3.63) is 42.5 Å². The van der Waals surface area contributed by atoms with Gasteiger partial charge in [0.25, 0.3) is 5.91 Å². The van der Waals surface area contributed by atoms with Crippen molar-refractivity contribution >= 4 is 17.5 Å². The van der Waals surface area contributed by atoms with Gasteiger partial charge in [-0.05, 0) is 36.4 Å². The summed E-state index contributed by atoms with van der Waals surface area (Å²) in [6.07, 6.45) is 0.383. The van der Waals surface area contributed by atoms with E-state index in [2.05, 4.69) is 5.32 Å². The quantitative estimate of drug-likeness (QED) is 0.768. The van der Waals surface area contributed by atoms with Crippen LogP contribution in [0.2, 0.25) is 0 Å². The number of rotatable bonds is 7. The van der Waals surface area contributed by atoms with Crippen molar-refractivity contribution in [2.24, 2.45) is 5.92 Å². The lowest BCUT2D eigenvalue weighted by Crippen LogP contribution is -2.34. The summed E-state index contributed by atoms with van der Waals surface area (Å²) in [6.45, 7) is 1.06. The summed E-state index contributed by atoms with van der Waals surface area (Å²) in [7, 11) is 1.59. The molecule has 8 heteroatoms. The van der Waals surface area contributed by atoms with E-state index in [1.807, 2.05) is 12.1 Å². The fourth-order valence-corrected chi connectivity index (χ4v) is 3.35. The molecule has 2 aliphatic rings. The zero-order valence-corrected chi connectivity index (χ0v) is 16.1. The highest BCUT2D eigenvalue weighted by molar-refractivity contribution is 5.96. The number of methoxy groups -OCH3 is 1. The van der Waals surface area contributed by atoms with Crippen molar-refractivity contribution < 1.29 is 28.5 Å². The second-order valence-electron chi connectivity index (χ2n) is 6.88. The van der Waals surface area contributed by atoms with Crippen LogP contribution in [0.4, 0.5) is 5.69 Å². The molecule has 8 nitrogen and oxygen atoms in total. The number of amides is 2. The molecule has 0 aromatic heterocycles. The molecule has 0 bridgehead atoms. The fourth-order valence-electron chi connectivity index (χ4n) is 3.35. The second kappa shape index (κ2) is 8.30. The molecule has 0 spiro atoms. The Kier molecular flexibility index (Phi) is 5.41. The van der Waals surface area contributed by atoms with Gasteiger partial charge in [-0.15, -0.1) is 0 Å². The molecule has 2 amide bonds.